The van der Waals surface area contributed by atoms with E-state index in [9.17, 15) is 13.2 Å². The van der Waals surface area contributed by atoms with E-state index in [1.165, 1.54) is 0 Å². The van der Waals surface area contributed by atoms with Gasteiger partial charge in [0.25, 0.3) is 0 Å². The maximum atomic E-state index is 11.6. The van der Waals surface area contributed by atoms with E-state index >= 15 is 0 Å². The smallest absolute Gasteiger partial charge is 0.223 e. The van der Waals surface area contributed by atoms with Crippen LogP contribution in [0.3, 0.4) is 0 Å². The van der Waals surface area contributed by atoms with Crippen LogP contribution in [0.2, 0.25) is 0 Å². The molecule has 0 bridgehead atoms. The molecule has 1 saturated heterocycles. The lowest BCUT2D eigenvalue weighted by Gasteiger charge is -2.24. The van der Waals surface area contributed by atoms with Gasteiger partial charge in [-0.2, -0.15) is 0 Å². The molecule has 7 heteroatoms. The van der Waals surface area contributed by atoms with Crippen molar-refractivity contribution < 1.29 is 18.3 Å². The number of carbonyl (C=O) groups excluding carboxylic acids is 1. The number of aliphatic hydroxyl groups excluding tert-OH is 1. The van der Waals surface area contributed by atoms with Crippen LogP contribution >= 0.6 is 0 Å². The van der Waals surface area contributed by atoms with Gasteiger partial charge in [0.2, 0.25) is 15.9 Å². The van der Waals surface area contributed by atoms with Crippen LogP contribution in [0, 0.1) is 5.92 Å². The van der Waals surface area contributed by atoms with Crippen LogP contribution in [-0.2, 0) is 14.8 Å². The number of nitrogens with zero attached hydrogens (tertiary/aromatic N) is 1. The van der Waals surface area contributed by atoms with Crippen molar-refractivity contribution in [2.24, 2.45) is 11.1 Å². The monoisotopic (exact) mass is 250 g/mol. The summed E-state index contributed by atoms with van der Waals surface area (Å²) in [5.74, 6) is -0.431. The molecule has 0 aromatic carbocycles. The van der Waals surface area contributed by atoms with Gasteiger partial charge in [0.1, 0.15) is 0 Å². The Labute approximate surface area is 95.5 Å². The Morgan fingerprint density at radius 3 is 2.75 bits per heavy atom. The standard InChI is InChI=1S/C9H18N2O4S/c1-7(2-3-12)11-5-8(4-9(11)13)6-16(10,14)15/h7-8,12H,2-6H2,1H3,(H2,10,14,15)/t7-,8?/m1/s1. The molecule has 6 nitrogen and oxygen atoms in total. The largest absolute Gasteiger partial charge is 0.396 e. The van der Waals surface area contributed by atoms with E-state index in [0.29, 0.717) is 13.0 Å². The molecular formula is C9H18N2O4S. The zero-order valence-electron chi connectivity index (χ0n) is 9.30. The van der Waals surface area contributed by atoms with Gasteiger partial charge in [-0.25, -0.2) is 13.6 Å². The molecule has 1 unspecified atom stereocenters. The third kappa shape index (κ3) is 3.73. The quantitative estimate of drug-likeness (QED) is 0.646. The molecule has 0 radical (unpaired) electrons. The van der Waals surface area contributed by atoms with Crippen molar-refractivity contribution in [2.45, 2.75) is 25.8 Å². The van der Waals surface area contributed by atoms with Crippen LogP contribution < -0.4 is 5.14 Å². The zero-order valence-corrected chi connectivity index (χ0v) is 10.1. The summed E-state index contributed by atoms with van der Waals surface area (Å²) in [7, 11) is -3.52. The van der Waals surface area contributed by atoms with E-state index in [2.05, 4.69) is 0 Å². The van der Waals surface area contributed by atoms with E-state index in [1.807, 2.05) is 6.92 Å². The van der Waals surface area contributed by atoms with Gasteiger partial charge in [0.05, 0.1) is 5.75 Å². The second-order valence-corrected chi connectivity index (χ2v) is 5.97. The number of nitrogens with two attached hydrogens (primary N) is 1. The lowest BCUT2D eigenvalue weighted by Crippen LogP contribution is -2.35. The van der Waals surface area contributed by atoms with Crippen molar-refractivity contribution in [2.75, 3.05) is 18.9 Å². The van der Waals surface area contributed by atoms with Gasteiger partial charge in [0, 0.05) is 31.5 Å². The number of rotatable bonds is 5. The minimum absolute atomic E-state index is 0.0187. The highest BCUT2D eigenvalue weighted by Gasteiger charge is 2.34. The number of aliphatic hydroxyl groups is 1. The summed E-state index contributed by atoms with van der Waals surface area (Å²) in [6.45, 7) is 2.27. The average molecular weight is 250 g/mol. The predicted octanol–water partition coefficient (Wildman–Crippen LogP) is -1.11. The molecule has 1 fully saturated rings. The molecule has 0 aromatic rings. The summed E-state index contributed by atoms with van der Waals surface area (Å²) in [6.07, 6.45) is 0.736. The van der Waals surface area contributed by atoms with E-state index in [4.69, 9.17) is 10.2 Å². The number of likely N-dealkylation sites (tertiary alicyclic amines) is 1. The molecule has 1 rings (SSSR count). The Morgan fingerprint density at radius 1 is 1.62 bits per heavy atom. The van der Waals surface area contributed by atoms with Crippen LogP contribution in [0.4, 0.5) is 0 Å². The summed E-state index contributed by atoms with van der Waals surface area (Å²) in [4.78, 5) is 13.2. The van der Waals surface area contributed by atoms with Crippen LogP contribution in [0.5, 0.6) is 0 Å². The van der Waals surface area contributed by atoms with Crippen molar-refractivity contribution in [1.82, 2.24) is 4.90 Å². The number of hydrogen-bond donors (Lipinski definition) is 2. The van der Waals surface area contributed by atoms with Crippen molar-refractivity contribution in [3.63, 3.8) is 0 Å². The van der Waals surface area contributed by atoms with Gasteiger partial charge in [-0.3, -0.25) is 4.79 Å². The topological polar surface area (TPSA) is 101 Å². The second-order valence-electron chi connectivity index (χ2n) is 4.31. The molecule has 16 heavy (non-hydrogen) atoms. The van der Waals surface area contributed by atoms with E-state index < -0.39 is 10.0 Å². The maximum absolute atomic E-state index is 11.6. The van der Waals surface area contributed by atoms with Gasteiger partial charge in [-0.1, -0.05) is 0 Å². The first-order chi connectivity index (χ1) is 7.33. The number of carbonyl (C=O) groups is 1. The first-order valence-corrected chi connectivity index (χ1v) is 6.96. The third-order valence-electron chi connectivity index (χ3n) is 2.79. The Balaban J connectivity index is 2.57. The Morgan fingerprint density at radius 2 is 2.25 bits per heavy atom. The summed E-state index contributed by atoms with van der Waals surface area (Å²) in [5.41, 5.74) is 0. The number of primary sulfonamides is 1. The molecule has 2 atom stereocenters. The first-order valence-electron chi connectivity index (χ1n) is 5.24. The molecule has 94 valence electrons. The Bertz CT molecular complexity index is 355. The maximum Gasteiger partial charge on any atom is 0.223 e. The van der Waals surface area contributed by atoms with Crippen molar-refractivity contribution >= 4 is 15.9 Å². The number of sulfonamides is 1. The molecule has 1 aliphatic heterocycles. The SMILES string of the molecule is C[C@H](CCO)N1CC(CS(N)(=O)=O)CC1=O. The number of amides is 1. The van der Waals surface area contributed by atoms with E-state index in [-0.39, 0.29) is 36.6 Å². The summed E-state index contributed by atoms with van der Waals surface area (Å²) < 4.78 is 21.8. The molecule has 1 amide bonds. The molecular weight excluding hydrogens is 232 g/mol. The fourth-order valence-corrected chi connectivity index (χ4v) is 2.90. The highest BCUT2D eigenvalue weighted by Crippen LogP contribution is 2.22. The Hall–Kier alpha value is -0.660. The van der Waals surface area contributed by atoms with E-state index in [0.717, 1.165) is 0 Å². The van der Waals surface area contributed by atoms with Crippen LogP contribution in [0.15, 0.2) is 0 Å². The highest BCUT2D eigenvalue weighted by atomic mass is 32.2. The second kappa shape index (κ2) is 5.11. The lowest BCUT2D eigenvalue weighted by molar-refractivity contribution is -0.129. The molecule has 0 aromatic heterocycles. The van der Waals surface area contributed by atoms with Gasteiger partial charge in [-0.05, 0) is 13.3 Å². The fourth-order valence-electron chi connectivity index (χ4n) is 2.02. The lowest BCUT2D eigenvalue weighted by atomic mass is 10.1. The molecule has 1 heterocycles. The van der Waals surface area contributed by atoms with Crippen molar-refractivity contribution in [1.29, 1.82) is 0 Å². The van der Waals surface area contributed by atoms with Crippen LogP contribution in [0.1, 0.15) is 19.8 Å². The minimum atomic E-state index is -3.52. The van der Waals surface area contributed by atoms with Crippen LogP contribution in [0.25, 0.3) is 0 Å². The summed E-state index contributed by atoms with van der Waals surface area (Å²) in [6, 6.07) is -0.0528. The number of hydrogen-bond acceptors (Lipinski definition) is 4. The molecule has 3 N–H and O–H groups in total. The average Bonchev–Trinajstić information content (AvgIpc) is 2.44. The van der Waals surface area contributed by atoms with Gasteiger partial charge in [0.15, 0.2) is 0 Å². The van der Waals surface area contributed by atoms with Crippen LogP contribution in [-0.4, -0.2) is 49.3 Å². The predicted molar refractivity (Wildman–Crippen MR) is 59.0 cm³/mol. The summed E-state index contributed by atoms with van der Waals surface area (Å²) in [5, 5.41) is 13.7. The fraction of sp³-hybridized carbons (Fsp3) is 0.889. The van der Waals surface area contributed by atoms with E-state index in [1.54, 1.807) is 4.90 Å². The zero-order chi connectivity index (χ0) is 12.3. The Kier molecular flexibility index (Phi) is 4.28. The molecule has 0 saturated carbocycles. The van der Waals surface area contributed by atoms with Gasteiger partial charge < -0.3 is 10.0 Å². The molecule has 1 aliphatic rings. The molecule has 0 aliphatic carbocycles. The van der Waals surface area contributed by atoms with Gasteiger partial charge >= 0.3 is 0 Å². The molecule has 0 spiro atoms. The highest BCUT2D eigenvalue weighted by molar-refractivity contribution is 7.89. The minimum Gasteiger partial charge on any atom is -0.396 e. The van der Waals surface area contributed by atoms with Crippen molar-refractivity contribution in [3.8, 4) is 0 Å². The summed E-state index contributed by atoms with van der Waals surface area (Å²) >= 11 is 0. The van der Waals surface area contributed by atoms with Gasteiger partial charge in [-0.15, -0.1) is 0 Å². The van der Waals surface area contributed by atoms with Crippen molar-refractivity contribution in [3.05, 3.63) is 0 Å². The normalized spacial score (nSPS) is 23.8. The first kappa shape index (κ1) is 13.4. The third-order valence-corrected chi connectivity index (χ3v) is 3.72.